The largest absolute Gasteiger partial charge is 0.454 e. The minimum absolute atomic E-state index is 0.00773. The number of ether oxygens (including phenoxy) is 2. The maximum atomic E-state index is 11.4. The molecule has 0 saturated heterocycles. The number of halogens is 1. The zero-order valence-corrected chi connectivity index (χ0v) is 16.5. The lowest BCUT2D eigenvalue weighted by Crippen LogP contribution is -1.93. The van der Waals surface area contributed by atoms with E-state index in [1.54, 1.807) is 0 Å². The number of hydrogen-bond donors (Lipinski definition) is 0. The summed E-state index contributed by atoms with van der Waals surface area (Å²) in [5, 5.41) is 23.3. The predicted octanol–water partition coefficient (Wildman–Crippen LogP) is 5.27. The molecule has 0 unspecified atom stereocenters. The van der Waals surface area contributed by atoms with E-state index in [0.717, 1.165) is 15.7 Å². The summed E-state index contributed by atoms with van der Waals surface area (Å²) in [5.74, 6) is 0.720. The number of hydrogen-bond acceptors (Lipinski definition) is 7. The quantitative estimate of drug-likeness (QED) is 0.301. The lowest BCUT2D eigenvalue weighted by molar-refractivity contribution is -0.385. The average Bonchev–Trinajstić information content (AvgIpc) is 3.35. The third-order valence-corrected chi connectivity index (χ3v) is 5.42. The minimum Gasteiger partial charge on any atom is -0.454 e. The monoisotopic (exact) mass is 455 g/mol. The van der Waals surface area contributed by atoms with Gasteiger partial charge in [-0.25, -0.2) is 4.98 Å². The summed E-state index contributed by atoms with van der Waals surface area (Å²) >= 11 is 4.69. The van der Waals surface area contributed by atoms with Crippen molar-refractivity contribution >= 4 is 44.6 Å². The van der Waals surface area contributed by atoms with E-state index in [-0.39, 0.29) is 23.6 Å². The molecule has 138 valence electrons. The number of fused-ring (bicyclic) bond motifs is 1. The van der Waals surface area contributed by atoms with Gasteiger partial charge in [-0.15, -0.1) is 11.3 Å². The molecule has 0 fully saturated rings. The molecule has 2 heterocycles. The van der Waals surface area contributed by atoms with E-state index in [1.807, 2.05) is 29.6 Å². The van der Waals surface area contributed by atoms with Crippen molar-refractivity contribution in [2.75, 3.05) is 6.79 Å². The van der Waals surface area contributed by atoms with Crippen LogP contribution in [0.4, 0.5) is 5.69 Å². The second kappa shape index (κ2) is 7.42. The summed E-state index contributed by atoms with van der Waals surface area (Å²) in [6.07, 6.45) is 1.45. The van der Waals surface area contributed by atoms with Crippen LogP contribution >= 0.6 is 27.3 Å². The number of nitro groups is 1. The highest BCUT2D eigenvalue weighted by atomic mass is 79.9. The van der Waals surface area contributed by atoms with E-state index < -0.39 is 4.92 Å². The average molecular weight is 456 g/mol. The van der Waals surface area contributed by atoms with Crippen molar-refractivity contribution in [3.05, 3.63) is 66.9 Å². The first kappa shape index (κ1) is 18.2. The molecule has 0 saturated carbocycles. The molecule has 0 atom stereocenters. The maximum Gasteiger partial charge on any atom is 0.280 e. The predicted molar refractivity (Wildman–Crippen MR) is 108 cm³/mol. The van der Waals surface area contributed by atoms with Crippen LogP contribution in [-0.4, -0.2) is 16.7 Å². The van der Waals surface area contributed by atoms with Crippen LogP contribution < -0.4 is 9.47 Å². The Balaban J connectivity index is 1.74. The zero-order chi connectivity index (χ0) is 19.7. The molecule has 0 amide bonds. The van der Waals surface area contributed by atoms with Crippen molar-refractivity contribution in [2.45, 2.75) is 0 Å². The van der Waals surface area contributed by atoms with Crippen molar-refractivity contribution in [3.63, 3.8) is 0 Å². The Morgan fingerprint density at radius 2 is 2.00 bits per heavy atom. The number of nitriles is 1. The number of rotatable bonds is 4. The summed E-state index contributed by atoms with van der Waals surface area (Å²) in [5.41, 5.74) is 1.97. The molecular weight excluding hydrogens is 446 g/mol. The number of nitrogens with zero attached hydrogens (tertiary/aromatic N) is 3. The van der Waals surface area contributed by atoms with Gasteiger partial charge in [-0.3, -0.25) is 10.1 Å². The molecule has 0 radical (unpaired) electrons. The van der Waals surface area contributed by atoms with Crippen molar-refractivity contribution in [3.8, 4) is 28.8 Å². The van der Waals surface area contributed by atoms with Gasteiger partial charge in [0.25, 0.3) is 5.69 Å². The molecule has 28 heavy (non-hydrogen) atoms. The van der Waals surface area contributed by atoms with Gasteiger partial charge >= 0.3 is 0 Å². The van der Waals surface area contributed by atoms with Gasteiger partial charge in [0.05, 0.1) is 27.8 Å². The molecular formula is C19H10BrN3O4S. The van der Waals surface area contributed by atoms with E-state index in [0.29, 0.717) is 16.5 Å². The topological polar surface area (TPSA) is 98.3 Å². The Bertz CT molecular complexity index is 1150. The second-order valence-electron chi connectivity index (χ2n) is 5.74. The van der Waals surface area contributed by atoms with Gasteiger partial charge in [0.15, 0.2) is 11.5 Å². The lowest BCUT2D eigenvalue weighted by atomic mass is 10.1. The van der Waals surface area contributed by atoms with Crippen LogP contribution in [-0.2, 0) is 0 Å². The van der Waals surface area contributed by atoms with Gasteiger partial charge in [0.1, 0.15) is 11.1 Å². The molecule has 2 aromatic carbocycles. The lowest BCUT2D eigenvalue weighted by Gasteiger charge is -2.02. The van der Waals surface area contributed by atoms with Crippen LogP contribution in [0.1, 0.15) is 10.6 Å². The van der Waals surface area contributed by atoms with E-state index in [1.165, 1.54) is 29.5 Å². The Hall–Kier alpha value is -3.22. The van der Waals surface area contributed by atoms with E-state index >= 15 is 0 Å². The summed E-state index contributed by atoms with van der Waals surface area (Å²) in [7, 11) is 0. The maximum absolute atomic E-state index is 11.4. The van der Waals surface area contributed by atoms with E-state index in [4.69, 9.17) is 9.47 Å². The fraction of sp³-hybridized carbons (Fsp3) is 0.0526. The first-order valence-electron chi connectivity index (χ1n) is 7.97. The number of aromatic nitrogens is 1. The molecule has 1 aromatic heterocycles. The summed E-state index contributed by atoms with van der Waals surface area (Å²) in [4.78, 5) is 15.4. The number of nitro benzene ring substituents is 1. The molecule has 0 bridgehead atoms. The van der Waals surface area contributed by atoms with E-state index in [2.05, 4.69) is 27.0 Å². The Labute approximate surface area is 171 Å². The van der Waals surface area contributed by atoms with Gasteiger partial charge in [-0.2, -0.15) is 5.26 Å². The van der Waals surface area contributed by atoms with Crippen molar-refractivity contribution in [1.82, 2.24) is 4.98 Å². The molecule has 0 aliphatic carbocycles. The smallest absolute Gasteiger partial charge is 0.280 e. The Morgan fingerprint density at radius 1 is 1.29 bits per heavy atom. The van der Waals surface area contributed by atoms with Gasteiger partial charge < -0.3 is 9.47 Å². The summed E-state index contributed by atoms with van der Waals surface area (Å²) in [6, 6.07) is 12.5. The van der Waals surface area contributed by atoms with Crippen LogP contribution in [0, 0.1) is 21.4 Å². The SMILES string of the molecule is N#C/C(=C\c1cc2c(cc1[N+](=O)[O-])OCO2)c1nc(-c2ccc(Br)cc2)cs1. The number of thiazole rings is 1. The molecule has 3 aromatic rings. The fourth-order valence-corrected chi connectivity index (χ4v) is 3.73. The van der Waals surface area contributed by atoms with Gasteiger partial charge in [0.2, 0.25) is 6.79 Å². The Morgan fingerprint density at radius 3 is 2.68 bits per heavy atom. The van der Waals surface area contributed by atoms with Crippen molar-refractivity contribution < 1.29 is 14.4 Å². The third kappa shape index (κ3) is 3.47. The molecule has 9 heteroatoms. The normalized spacial score (nSPS) is 12.6. The molecule has 0 spiro atoms. The fourth-order valence-electron chi connectivity index (χ4n) is 2.67. The number of benzene rings is 2. The summed E-state index contributed by atoms with van der Waals surface area (Å²) < 4.78 is 11.4. The van der Waals surface area contributed by atoms with Crippen molar-refractivity contribution in [1.29, 1.82) is 5.26 Å². The van der Waals surface area contributed by atoms with Crippen LogP contribution in [0.15, 0.2) is 46.3 Å². The summed E-state index contributed by atoms with van der Waals surface area (Å²) in [6.45, 7) is 0.00773. The highest BCUT2D eigenvalue weighted by molar-refractivity contribution is 9.10. The second-order valence-corrected chi connectivity index (χ2v) is 7.51. The first-order chi connectivity index (χ1) is 13.5. The molecule has 1 aliphatic rings. The van der Waals surface area contributed by atoms with Crippen LogP contribution in [0.5, 0.6) is 11.5 Å². The minimum atomic E-state index is -0.516. The molecule has 0 N–H and O–H groups in total. The van der Waals surface area contributed by atoms with Crippen LogP contribution in [0.3, 0.4) is 0 Å². The third-order valence-electron chi connectivity index (χ3n) is 4.01. The Kier molecular flexibility index (Phi) is 4.81. The van der Waals surface area contributed by atoms with Gasteiger partial charge in [-0.05, 0) is 24.3 Å². The standard InChI is InChI=1S/C19H10BrN3O4S/c20-14-3-1-11(2-4-14)15-9-28-19(22-15)13(8-21)5-12-6-17-18(27-10-26-17)7-16(12)23(24)25/h1-7,9H,10H2/b13-5+. The molecule has 1 aliphatic heterocycles. The molecule has 4 rings (SSSR count). The zero-order valence-electron chi connectivity index (χ0n) is 14.1. The van der Waals surface area contributed by atoms with Crippen LogP contribution in [0.2, 0.25) is 0 Å². The van der Waals surface area contributed by atoms with Gasteiger partial charge in [0, 0.05) is 15.4 Å². The van der Waals surface area contributed by atoms with Gasteiger partial charge in [-0.1, -0.05) is 28.1 Å². The first-order valence-corrected chi connectivity index (χ1v) is 9.64. The van der Waals surface area contributed by atoms with Crippen LogP contribution in [0.25, 0.3) is 22.9 Å². The highest BCUT2D eigenvalue weighted by Crippen LogP contribution is 2.39. The molecule has 7 nitrogen and oxygen atoms in total. The van der Waals surface area contributed by atoms with Crippen molar-refractivity contribution in [2.24, 2.45) is 0 Å². The number of allylic oxidation sites excluding steroid dienone is 1. The van der Waals surface area contributed by atoms with E-state index in [9.17, 15) is 15.4 Å². The highest BCUT2D eigenvalue weighted by Gasteiger charge is 2.23.